The fourth-order valence-corrected chi connectivity index (χ4v) is 4.34. The van der Waals surface area contributed by atoms with Crippen molar-refractivity contribution in [1.82, 2.24) is 20.4 Å². The molecule has 0 aliphatic heterocycles. The van der Waals surface area contributed by atoms with E-state index in [1.165, 1.54) is 10.9 Å². The Balaban J connectivity index is 1.47. The summed E-state index contributed by atoms with van der Waals surface area (Å²) in [5.74, 6) is -1.70. The number of aromatic nitrogens is 2. The molecule has 176 valence electrons. The van der Waals surface area contributed by atoms with Gasteiger partial charge in [-0.1, -0.05) is 48.5 Å². The molecule has 0 saturated carbocycles. The third-order valence-electron chi connectivity index (χ3n) is 5.89. The van der Waals surface area contributed by atoms with Crippen LogP contribution in [0.3, 0.4) is 0 Å². The molecule has 3 aromatic rings. The molecule has 1 aliphatic rings. The number of carboxylic acid groups (broad SMARTS) is 1. The highest BCUT2D eigenvalue weighted by Gasteiger charge is 2.31. The van der Waals surface area contributed by atoms with E-state index in [4.69, 9.17) is 9.84 Å². The van der Waals surface area contributed by atoms with Gasteiger partial charge in [-0.3, -0.25) is 14.3 Å². The van der Waals surface area contributed by atoms with Gasteiger partial charge in [-0.2, -0.15) is 5.10 Å². The number of alkyl carbamates (subject to hydrolysis) is 1. The molecule has 2 aromatic carbocycles. The van der Waals surface area contributed by atoms with E-state index < -0.39 is 30.1 Å². The zero-order chi connectivity index (χ0) is 24.2. The Kier molecular flexibility index (Phi) is 6.62. The molecule has 34 heavy (non-hydrogen) atoms. The number of amides is 2. The fourth-order valence-electron chi connectivity index (χ4n) is 4.34. The molecular formula is C25H26N4O5. The van der Waals surface area contributed by atoms with Crippen LogP contribution >= 0.6 is 0 Å². The van der Waals surface area contributed by atoms with Crippen molar-refractivity contribution in [3.8, 4) is 11.1 Å². The molecule has 0 saturated heterocycles. The first kappa shape index (κ1) is 23.0. The van der Waals surface area contributed by atoms with Gasteiger partial charge in [-0.15, -0.1) is 0 Å². The van der Waals surface area contributed by atoms with Gasteiger partial charge in [0.25, 0.3) is 0 Å². The number of carboxylic acids is 1. The van der Waals surface area contributed by atoms with Crippen LogP contribution in [0.15, 0.2) is 60.8 Å². The molecule has 9 nitrogen and oxygen atoms in total. The van der Waals surface area contributed by atoms with Crippen LogP contribution in [0.1, 0.15) is 42.1 Å². The number of nitrogens with zero attached hydrogens (tertiary/aromatic N) is 2. The maximum absolute atomic E-state index is 12.9. The number of hydrogen-bond donors (Lipinski definition) is 3. The van der Waals surface area contributed by atoms with Crippen molar-refractivity contribution in [3.63, 3.8) is 0 Å². The second-order valence-electron chi connectivity index (χ2n) is 8.29. The lowest BCUT2D eigenvalue weighted by Gasteiger charge is -2.21. The van der Waals surface area contributed by atoms with Crippen LogP contribution in [-0.2, 0) is 21.4 Å². The summed E-state index contributed by atoms with van der Waals surface area (Å²) in [6, 6.07) is 15.9. The average molecular weight is 463 g/mol. The van der Waals surface area contributed by atoms with E-state index in [0.717, 1.165) is 22.3 Å². The number of hydrogen-bond acceptors (Lipinski definition) is 5. The highest BCUT2D eigenvalue weighted by Crippen LogP contribution is 2.44. The van der Waals surface area contributed by atoms with Crippen molar-refractivity contribution < 1.29 is 24.2 Å². The first-order chi connectivity index (χ1) is 16.3. The van der Waals surface area contributed by atoms with Gasteiger partial charge in [0.2, 0.25) is 5.91 Å². The number of benzene rings is 2. The third kappa shape index (κ3) is 4.78. The molecule has 2 atom stereocenters. The zero-order valence-electron chi connectivity index (χ0n) is 18.9. The lowest BCUT2D eigenvalue weighted by atomic mass is 9.98. The summed E-state index contributed by atoms with van der Waals surface area (Å²) >= 11 is 0. The smallest absolute Gasteiger partial charge is 0.408 e. The predicted molar refractivity (Wildman–Crippen MR) is 124 cm³/mol. The average Bonchev–Trinajstić information content (AvgIpc) is 3.36. The van der Waals surface area contributed by atoms with E-state index in [2.05, 4.69) is 27.9 Å². The van der Waals surface area contributed by atoms with Gasteiger partial charge < -0.3 is 20.5 Å². The zero-order valence-corrected chi connectivity index (χ0v) is 18.9. The monoisotopic (exact) mass is 462 g/mol. The van der Waals surface area contributed by atoms with E-state index in [-0.39, 0.29) is 18.9 Å². The second-order valence-corrected chi connectivity index (χ2v) is 8.29. The van der Waals surface area contributed by atoms with E-state index in [1.807, 2.05) is 36.4 Å². The normalized spacial score (nSPS) is 13.9. The summed E-state index contributed by atoms with van der Waals surface area (Å²) in [5, 5.41) is 18.3. The van der Waals surface area contributed by atoms with E-state index in [1.54, 1.807) is 20.0 Å². The lowest BCUT2D eigenvalue weighted by Crippen LogP contribution is -2.45. The SMILES string of the molecule is CC(CC(=O)O)NC(=O)C(NC(=O)OCC1c2ccccc2-c2ccccc21)c1ccnn1C. The molecular weight excluding hydrogens is 436 g/mol. The summed E-state index contributed by atoms with van der Waals surface area (Å²) in [4.78, 5) is 36.6. The predicted octanol–water partition coefficient (Wildman–Crippen LogP) is 2.98. The van der Waals surface area contributed by atoms with Crippen LogP contribution in [0.25, 0.3) is 11.1 Å². The fraction of sp³-hybridized carbons (Fsp3) is 0.280. The van der Waals surface area contributed by atoms with Crippen LogP contribution in [0, 0.1) is 0 Å². The lowest BCUT2D eigenvalue weighted by molar-refractivity contribution is -0.137. The van der Waals surface area contributed by atoms with Gasteiger partial charge in [0.05, 0.1) is 12.1 Å². The van der Waals surface area contributed by atoms with Crippen molar-refractivity contribution in [3.05, 3.63) is 77.6 Å². The molecule has 0 bridgehead atoms. The van der Waals surface area contributed by atoms with Gasteiger partial charge in [-0.25, -0.2) is 4.79 Å². The van der Waals surface area contributed by atoms with Crippen LogP contribution in [0.5, 0.6) is 0 Å². The Labute approximate surface area is 196 Å². The van der Waals surface area contributed by atoms with Gasteiger partial charge >= 0.3 is 12.1 Å². The van der Waals surface area contributed by atoms with Crippen LogP contribution in [-0.4, -0.2) is 45.5 Å². The topological polar surface area (TPSA) is 123 Å². The van der Waals surface area contributed by atoms with Crippen LogP contribution in [0.2, 0.25) is 0 Å². The molecule has 2 unspecified atom stereocenters. The largest absolute Gasteiger partial charge is 0.481 e. The van der Waals surface area contributed by atoms with Crippen molar-refractivity contribution in [1.29, 1.82) is 0 Å². The summed E-state index contributed by atoms with van der Waals surface area (Å²) in [6.45, 7) is 1.69. The number of carbonyl (C=O) groups excluding carboxylic acids is 2. The standard InChI is InChI=1S/C25H26N4O5/c1-15(13-22(30)31)27-24(32)23(21-11-12-26-29(21)2)28-25(33)34-14-20-18-9-5-3-7-16(18)17-8-4-6-10-19(17)20/h3-12,15,20,23H,13-14H2,1-2H3,(H,27,32)(H,28,33)(H,30,31). The van der Waals surface area contributed by atoms with Crippen LogP contribution in [0.4, 0.5) is 4.79 Å². The van der Waals surface area contributed by atoms with Gasteiger partial charge in [-0.05, 0) is 35.2 Å². The number of aryl methyl sites for hydroxylation is 1. The van der Waals surface area contributed by atoms with Crippen LogP contribution < -0.4 is 10.6 Å². The summed E-state index contributed by atoms with van der Waals surface area (Å²) in [7, 11) is 1.65. The number of ether oxygens (including phenoxy) is 1. The molecule has 0 spiro atoms. The highest BCUT2D eigenvalue weighted by molar-refractivity contribution is 5.87. The Morgan fingerprint density at radius 1 is 1.03 bits per heavy atom. The molecule has 0 radical (unpaired) electrons. The quantitative estimate of drug-likeness (QED) is 0.473. The summed E-state index contributed by atoms with van der Waals surface area (Å²) < 4.78 is 7.04. The molecule has 1 heterocycles. The number of fused-ring (bicyclic) bond motifs is 3. The first-order valence-corrected chi connectivity index (χ1v) is 11.0. The Morgan fingerprint density at radius 3 is 2.21 bits per heavy atom. The van der Waals surface area contributed by atoms with E-state index >= 15 is 0 Å². The van der Waals surface area contributed by atoms with Crippen molar-refractivity contribution in [2.24, 2.45) is 7.05 Å². The molecule has 9 heteroatoms. The Hall–Kier alpha value is -4.14. The van der Waals surface area contributed by atoms with E-state index in [9.17, 15) is 14.4 Å². The minimum Gasteiger partial charge on any atom is -0.481 e. The molecule has 4 rings (SSSR count). The number of rotatable bonds is 8. The number of carbonyl (C=O) groups is 3. The number of aliphatic carboxylic acids is 1. The van der Waals surface area contributed by atoms with Gasteiger partial charge in [0, 0.05) is 25.2 Å². The first-order valence-electron chi connectivity index (χ1n) is 11.0. The Morgan fingerprint density at radius 2 is 1.65 bits per heavy atom. The highest BCUT2D eigenvalue weighted by atomic mass is 16.5. The maximum atomic E-state index is 12.9. The molecule has 0 fully saturated rings. The van der Waals surface area contributed by atoms with Gasteiger partial charge in [0.1, 0.15) is 6.61 Å². The van der Waals surface area contributed by atoms with Crippen molar-refractivity contribution in [2.75, 3.05) is 6.61 Å². The van der Waals surface area contributed by atoms with Gasteiger partial charge in [0.15, 0.2) is 6.04 Å². The maximum Gasteiger partial charge on any atom is 0.408 e. The molecule has 2 amide bonds. The summed E-state index contributed by atoms with van der Waals surface area (Å²) in [5.41, 5.74) is 4.84. The Bertz CT molecular complexity index is 1180. The van der Waals surface area contributed by atoms with E-state index in [0.29, 0.717) is 5.69 Å². The third-order valence-corrected chi connectivity index (χ3v) is 5.89. The molecule has 1 aromatic heterocycles. The summed E-state index contributed by atoms with van der Waals surface area (Å²) in [6.07, 6.45) is 0.513. The second kappa shape index (κ2) is 9.78. The van der Waals surface area contributed by atoms with Crippen molar-refractivity contribution in [2.45, 2.75) is 31.3 Å². The minimum atomic E-state index is -1.10. The number of nitrogens with one attached hydrogen (secondary N) is 2. The minimum absolute atomic E-state index is 0.106. The van der Waals surface area contributed by atoms with Crippen molar-refractivity contribution >= 4 is 18.0 Å². The molecule has 3 N–H and O–H groups in total. The molecule has 1 aliphatic carbocycles.